The molecule has 7 heteroatoms. The second kappa shape index (κ2) is 11.1. The molecule has 0 radical (unpaired) electrons. The van der Waals surface area contributed by atoms with E-state index >= 15 is 0 Å². The molecule has 0 aromatic heterocycles. The molecule has 0 bridgehead atoms. The van der Waals surface area contributed by atoms with Crippen LogP contribution in [0, 0.1) is 5.82 Å². The average Bonchev–Trinajstić information content (AvgIpc) is 3.16. The van der Waals surface area contributed by atoms with Crippen LogP contribution < -0.4 is 4.74 Å². The molecule has 3 aromatic carbocycles. The number of aliphatic carboxylic acids is 1. The summed E-state index contributed by atoms with van der Waals surface area (Å²) >= 11 is 6.00. The van der Waals surface area contributed by atoms with E-state index in [0.717, 1.165) is 40.8 Å². The van der Waals surface area contributed by atoms with Gasteiger partial charge in [0.05, 0.1) is 0 Å². The van der Waals surface area contributed by atoms with E-state index in [1.165, 1.54) is 17.0 Å². The first kappa shape index (κ1) is 25.7. The number of benzene rings is 3. The molecule has 1 atom stereocenters. The lowest BCUT2D eigenvalue weighted by molar-refractivity contribution is -0.144. The van der Waals surface area contributed by atoms with Gasteiger partial charge >= 0.3 is 5.97 Å². The van der Waals surface area contributed by atoms with Gasteiger partial charge in [-0.2, -0.15) is 0 Å². The van der Waals surface area contributed by atoms with Crippen LogP contribution in [0.4, 0.5) is 4.39 Å². The van der Waals surface area contributed by atoms with Crippen LogP contribution in [0.5, 0.6) is 5.75 Å². The first-order chi connectivity index (χ1) is 17.2. The van der Waals surface area contributed by atoms with Gasteiger partial charge in [0.1, 0.15) is 23.7 Å². The van der Waals surface area contributed by atoms with Crippen LogP contribution in [0.2, 0.25) is 5.02 Å². The van der Waals surface area contributed by atoms with Gasteiger partial charge in [-0.15, -0.1) is 0 Å². The number of nitrogens with zero attached hydrogens (tertiary/aromatic N) is 1. The molecule has 0 spiro atoms. The average molecular weight is 510 g/mol. The van der Waals surface area contributed by atoms with Crippen molar-refractivity contribution < 1.29 is 23.8 Å². The lowest BCUT2D eigenvalue weighted by Crippen LogP contribution is -2.37. The third-order valence-electron chi connectivity index (χ3n) is 6.40. The largest absolute Gasteiger partial charge is 0.487 e. The van der Waals surface area contributed by atoms with Crippen LogP contribution in [0.1, 0.15) is 35.6 Å². The Labute approximate surface area is 215 Å². The fourth-order valence-electron chi connectivity index (χ4n) is 4.68. The standard InChI is InChI=1S/C29H29ClFNO4/c1-29(17-22-5-9-24(30)10-6-22)18-23-15-21(7-11-26(23)36-29)8-12-27(33)32(19-28(34)35)14-13-20-3-2-4-25(31)16-20/h2-7,9-11,15-16H,8,12-14,17-19H2,1H3,(H,34,35). The maximum Gasteiger partial charge on any atom is 0.323 e. The number of carbonyl (C=O) groups is 2. The van der Waals surface area contributed by atoms with Crippen LogP contribution in [-0.2, 0) is 35.3 Å². The van der Waals surface area contributed by atoms with Crippen molar-refractivity contribution in [3.8, 4) is 5.75 Å². The monoisotopic (exact) mass is 509 g/mol. The number of hydrogen-bond acceptors (Lipinski definition) is 3. The minimum absolute atomic E-state index is 0.193. The fourth-order valence-corrected chi connectivity index (χ4v) is 4.81. The summed E-state index contributed by atoms with van der Waals surface area (Å²) in [5.74, 6) is -0.812. The lowest BCUT2D eigenvalue weighted by atomic mass is 9.91. The van der Waals surface area contributed by atoms with E-state index in [0.29, 0.717) is 17.9 Å². The van der Waals surface area contributed by atoms with Crippen LogP contribution in [0.3, 0.4) is 0 Å². The van der Waals surface area contributed by atoms with Gasteiger partial charge in [-0.1, -0.05) is 48.0 Å². The predicted octanol–water partition coefficient (Wildman–Crippen LogP) is 5.50. The van der Waals surface area contributed by atoms with Gasteiger partial charge in [0, 0.05) is 30.8 Å². The number of rotatable bonds is 10. The minimum atomic E-state index is -1.07. The van der Waals surface area contributed by atoms with Crippen molar-refractivity contribution in [2.75, 3.05) is 13.1 Å². The summed E-state index contributed by atoms with van der Waals surface area (Å²) in [6.07, 6.45) is 2.58. The number of hydrogen-bond donors (Lipinski definition) is 1. The summed E-state index contributed by atoms with van der Waals surface area (Å²) in [7, 11) is 0. The van der Waals surface area contributed by atoms with Crippen molar-refractivity contribution in [1.82, 2.24) is 4.90 Å². The molecule has 0 fully saturated rings. The Morgan fingerprint density at radius 3 is 2.47 bits per heavy atom. The summed E-state index contributed by atoms with van der Waals surface area (Å²) in [6.45, 7) is 1.93. The molecule has 36 heavy (non-hydrogen) atoms. The second-order valence-electron chi connectivity index (χ2n) is 9.56. The topological polar surface area (TPSA) is 66.8 Å². The van der Waals surface area contributed by atoms with Crippen molar-refractivity contribution in [2.45, 2.75) is 44.6 Å². The number of aryl methyl sites for hydroxylation is 1. The smallest absolute Gasteiger partial charge is 0.323 e. The number of ether oxygens (including phenoxy) is 1. The third-order valence-corrected chi connectivity index (χ3v) is 6.65. The van der Waals surface area contributed by atoms with E-state index in [2.05, 4.69) is 13.0 Å². The van der Waals surface area contributed by atoms with Crippen LogP contribution in [0.15, 0.2) is 66.7 Å². The van der Waals surface area contributed by atoms with E-state index < -0.39 is 5.97 Å². The molecule has 0 aliphatic carbocycles. The Morgan fingerprint density at radius 1 is 1.03 bits per heavy atom. The molecular weight excluding hydrogens is 481 g/mol. The summed E-state index contributed by atoms with van der Waals surface area (Å²) in [5.41, 5.74) is 3.61. The quantitative estimate of drug-likeness (QED) is 0.391. The van der Waals surface area contributed by atoms with E-state index in [4.69, 9.17) is 16.3 Å². The van der Waals surface area contributed by atoms with Gasteiger partial charge in [0.15, 0.2) is 0 Å². The molecule has 3 aromatic rings. The number of halogens is 2. The maximum atomic E-state index is 13.4. The molecule has 0 saturated heterocycles. The van der Waals surface area contributed by atoms with Gasteiger partial charge in [-0.3, -0.25) is 9.59 Å². The molecule has 1 aliphatic rings. The summed E-state index contributed by atoms with van der Waals surface area (Å²) < 4.78 is 19.7. The first-order valence-corrected chi connectivity index (χ1v) is 12.4. The molecule has 1 amide bonds. The number of carboxylic acid groups (broad SMARTS) is 1. The number of carbonyl (C=O) groups excluding carboxylic acids is 1. The maximum absolute atomic E-state index is 13.4. The molecule has 1 N–H and O–H groups in total. The van der Waals surface area contributed by atoms with Crippen molar-refractivity contribution in [1.29, 1.82) is 0 Å². The molecule has 0 saturated carbocycles. The number of amides is 1. The van der Waals surface area contributed by atoms with E-state index in [-0.39, 0.29) is 36.8 Å². The Bertz CT molecular complexity index is 1250. The van der Waals surface area contributed by atoms with Crippen molar-refractivity contribution in [3.05, 3.63) is 99.8 Å². The number of carboxylic acids is 1. The molecule has 188 valence electrons. The van der Waals surface area contributed by atoms with Gasteiger partial charge in [-0.25, -0.2) is 4.39 Å². The Balaban J connectivity index is 1.35. The summed E-state index contributed by atoms with van der Waals surface area (Å²) in [6, 6.07) is 19.9. The van der Waals surface area contributed by atoms with Gasteiger partial charge < -0.3 is 14.7 Å². The summed E-state index contributed by atoms with van der Waals surface area (Å²) in [5, 5.41) is 9.96. The molecule has 1 heterocycles. The van der Waals surface area contributed by atoms with Gasteiger partial charge in [-0.05, 0) is 72.4 Å². The number of fused-ring (bicyclic) bond motifs is 1. The fraction of sp³-hybridized carbons (Fsp3) is 0.310. The zero-order chi connectivity index (χ0) is 25.7. The highest BCUT2D eigenvalue weighted by molar-refractivity contribution is 6.30. The van der Waals surface area contributed by atoms with Crippen LogP contribution in [0.25, 0.3) is 0 Å². The van der Waals surface area contributed by atoms with E-state index in [9.17, 15) is 19.1 Å². The van der Waals surface area contributed by atoms with Crippen LogP contribution >= 0.6 is 11.6 Å². The highest BCUT2D eigenvalue weighted by atomic mass is 35.5. The normalized spacial score (nSPS) is 16.3. The Hall–Kier alpha value is -3.38. The summed E-state index contributed by atoms with van der Waals surface area (Å²) in [4.78, 5) is 25.5. The van der Waals surface area contributed by atoms with E-state index in [1.54, 1.807) is 12.1 Å². The molecule has 5 nitrogen and oxygen atoms in total. The van der Waals surface area contributed by atoms with E-state index in [1.807, 2.05) is 36.4 Å². The minimum Gasteiger partial charge on any atom is -0.487 e. The molecular formula is C29H29ClFNO4. The molecule has 1 aliphatic heterocycles. The van der Waals surface area contributed by atoms with Crippen molar-refractivity contribution in [3.63, 3.8) is 0 Å². The van der Waals surface area contributed by atoms with Crippen LogP contribution in [-0.4, -0.2) is 40.6 Å². The zero-order valence-corrected chi connectivity index (χ0v) is 20.9. The zero-order valence-electron chi connectivity index (χ0n) is 20.2. The molecule has 4 rings (SSSR count). The highest BCUT2D eigenvalue weighted by Crippen LogP contribution is 2.37. The first-order valence-electron chi connectivity index (χ1n) is 12.0. The van der Waals surface area contributed by atoms with Crippen molar-refractivity contribution >= 4 is 23.5 Å². The lowest BCUT2D eigenvalue weighted by Gasteiger charge is -2.24. The van der Waals surface area contributed by atoms with Gasteiger partial charge in [0.25, 0.3) is 0 Å². The second-order valence-corrected chi connectivity index (χ2v) is 10.00. The highest BCUT2D eigenvalue weighted by Gasteiger charge is 2.35. The SMILES string of the molecule is CC1(Cc2ccc(Cl)cc2)Cc2cc(CCC(=O)N(CCc3cccc(F)c3)CC(=O)O)ccc2O1. The third kappa shape index (κ3) is 6.85. The Kier molecular flexibility index (Phi) is 7.94. The van der Waals surface area contributed by atoms with Crippen molar-refractivity contribution in [2.24, 2.45) is 0 Å². The Morgan fingerprint density at radius 2 is 1.75 bits per heavy atom. The predicted molar refractivity (Wildman–Crippen MR) is 137 cm³/mol. The molecule has 1 unspecified atom stereocenters. The van der Waals surface area contributed by atoms with Gasteiger partial charge in [0.2, 0.25) is 5.91 Å².